The van der Waals surface area contributed by atoms with E-state index in [1.807, 2.05) is 37.3 Å². The molecule has 0 bridgehead atoms. The molecule has 0 unspecified atom stereocenters. The van der Waals surface area contributed by atoms with E-state index in [1.165, 1.54) is 23.5 Å². The van der Waals surface area contributed by atoms with Gasteiger partial charge < -0.3 is 19.5 Å². The van der Waals surface area contributed by atoms with E-state index in [0.29, 0.717) is 37.4 Å². The molecule has 1 aromatic heterocycles. The highest BCUT2D eigenvalue weighted by Crippen LogP contribution is 2.25. The molecule has 2 aromatic carbocycles. The molecule has 1 amide bonds. The first-order valence-electron chi connectivity index (χ1n) is 13.4. The summed E-state index contributed by atoms with van der Waals surface area (Å²) in [5.41, 5.74) is 0.755. The molecule has 2 heterocycles. The lowest BCUT2D eigenvalue weighted by atomic mass is 10.0. The van der Waals surface area contributed by atoms with E-state index in [0.717, 1.165) is 5.69 Å². The number of likely N-dealkylation sites (N-methyl/N-ethyl adjacent to an activating group) is 1. The van der Waals surface area contributed by atoms with Crippen molar-refractivity contribution < 1.29 is 27.8 Å². The quantitative estimate of drug-likeness (QED) is 0.437. The minimum Gasteiger partial charge on any atom is -0.457 e. The first-order valence-corrected chi connectivity index (χ1v) is 14.8. The molecule has 0 radical (unpaired) electrons. The summed E-state index contributed by atoms with van der Waals surface area (Å²) in [6.45, 7) is 4.63. The lowest BCUT2D eigenvalue weighted by Crippen LogP contribution is -2.47. The van der Waals surface area contributed by atoms with E-state index in [-0.39, 0.29) is 42.5 Å². The summed E-state index contributed by atoms with van der Waals surface area (Å²) >= 11 is 0. The molecule has 1 aliphatic heterocycles. The maximum absolute atomic E-state index is 13.5. The van der Waals surface area contributed by atoms with Gasteiger partial charge in [0.2, 0.25) is 15.9 Å². The minimum atomic E-state index is -3.85. The molecule has 11 nitrogen and oxygen atoms in total. The highest BCUT2D eigenvalue weighted by atomic mass is 32.2. The first kappa shape index (κ1) is 29.7. The van der Waals surface area contributed by atoms with Gasteiger partial charge in [-0.05, 0) is 49.7 Å². The van der Waals surface area contributed by atoms with Crippen LogP contribution in [0.25, 0.3) is 0 Å². The smallest absolute Gasteiger partial charge is 0.242 e. The Balaban J connectivity index is 1.52. The number of aliphatic hydroxyl groups excluding tert-OH is 1. The van der Waals surface area contributed by atoms with Crippen LogP contribution in [-0.2, 0) is 32.7 Å². The van der Waals surface area contributed by atoms with Crippen LogP contribution in [0.15, 0.2) is 65.7 Å². The second kappa shape index (κ2) is 13.4. The summed E-state index contributed by atoms with van der Waals surface area (Å²) in [5.74, 6) is 0.870. The number of aromatic nitrogens is 3. The Labute approximate surface area is 235 Å². The summed E-state index contributed by atoms with van der Waals surface area (Å²) < 4.78 is 42.0. The molecule has 0 saturated carbocycles. The maximum Gasteiger partial charge on any atom is 0.242 e. The van der Waals surface area contributed by atoms with Gasteiger partial charge in [0.15, 0.2) is 0 Å². The summed E-state index contributed by atoms with van der Waals surface area (Å²) in [7, 11) is -2.33. The number of sulfonamides is 1. The summed E-state index contributed by atoms with van der Waals surface area (Å²) in [4.78, 5) is 14.8. The highest BCUT2D eigenvalue weighted by molar-refractivity contribution is 7.89. The van der Waals surface area contributed by atoms with Gasteiger partial charge in [-0.3, -0.25) is 4.79 Å². The molecule has 0 fully saturated rings. The molecular formula is C28H37N5O6S. The third kappa shape index (κ3) is 7.25. The minimum absolute atomic E-state index is 0.0584. The molecule has 3 atom stereocenters. The van der Waals surface area contributed by atoms with Crippen LogP contribution in [0.4, 0.5) is 0 Å². The molecule has 4 rings (SSSR count). The van der Waals surface area contributed by atoms with Gasteiger partial charge in [-0.15, -0.1) is 5.10 Å². The van der Waals surface area contributed by atoms with Crippen LogP contribution in [-0.4, -0.2) is 82.5 Å². The highest BCUT2D eigenvalue weighted by Gasteiger charge is 2.31. The lowest BCUT2D eigenvalue weighted by Gasteiger charge is -2.35. The molecule has 40 heavy (non-hydrogen) atoms. The molecule has 0 spiro atoms. The van der Waals surface area contributed by atoms with Crippen LogP contribution in [0, 0.1) is 5.92 Å². The number of para-hydroxylation sites is 1. The van der Waals surface area contributed by atoms with Crippen molar-refractivity contribution in [2.24, 2.45) is 5.92 Å². The number of ether oxygens (including phenoxy) is 2. The fourth-order valence-electron chi connectivity index (χ4n) is 4.58. The number of carbonyl (C=O) groups is 1. The van der Waals surface area contributed by atoms with Crippen LogP contribution in [0.5, 0.6) is 11.5 Å². The predicted molar refractivity (Wildman–Crippen MR) is 148 cm³/mol. The second-order valence-corrected chi connectivity index (χ2v) is 12.2. The van der Waals surface area contributed by atoms with Gasteiger partial charge in [0.1, 0.15) is 11.5 Å². The number of carbonyl (C=O) groups excluding carboxylic acids is 1. The number of aryl methyl sites for hydroxylation is 1. The molecule has 3 aromatic rings. The van der Waals surface area contributed by atoms with Crippen LogP contribution >= 0.6 is 0 Å². The monoisotopic (exact) mass is 571 g/mol. The molecule has 0 saturated heterocycles. The number of nitrogens with zero attached hydrogens (tertiary/aromatic N) is 5. The van der Waals surface area contributed by atoms with E-state index in [4.69, 9.17) is 9.47 Å². The van der Waals surface area contributed by atoms with E-state index in [1.54, 1.807) is 34.8 Å². The van der Waals surface area contributed by atoms with Crippen molar-refractivity contribution in [3.63, 3.8) is 0 Å². The van der Waals surface area contributed by atoms with Crippen molar-refractivity contribution >= 4 is 15.9 Å². The van der Waals surface area contributed by atoms with Crippen LogP contribution in [0.3, 0.4) is 0 Å². The van der Waals surface area contributed by atoms with Gasteiger partial charge >= 0.3 is 0 Å². The first-order chi connectivity index (χ1) is 19.2. The third-order valence-corrected chi connectivity index (χ3v) is 8.93. The van der Waals surface area contributed by atoms with Crippen molar-refractivity contribution in [3.8, 4) is 11.5 Å². The largest absolute Gasteiger partial charge is 0.457 e. The Morgan fingerprint density at radius 1 is 1.15 bits per heavy atom. The zero-order chi connectivity index (χ0) is 28.7. The van der Waals surface area contributed by atoms with Gasteiger partial charge in [0.25, 0.3) is 0 Å². The van der Waals surface area contributed by atoms with Crippen molar-refractivity contribution in [1.82, 2.24) is 24.2 Å². The number of fused-ring (bicyclic) bond motifs is 1. The van der Waals surface area contributed by atoms with Gasteiger partial charge in [0, 0.05) is 39.0 Å². The average molecular weight is 572 g/mol. The Hall–Kier alpha value is -3.32. The van der Waals surface area contributed by atoms with Crippen molar-refractivity contribution in [2.45, 2.75) is 56.9 Å². The van der Waals surface area contributed by atoms with Gasteiger partial charge in [-0.25, -0.2) is 13.1 Å². The Morgan fingerprint density at radius 3 is 2.55 bits per heavy atom. The number of hydrogen-bond acceptors (Lipinski definition) is 8. The van der Waals surface area contributed by atoms with Gasteiger partial charge in [0.05, 0.1) is 42.1 Å². The standard InChI is InChI=1S/C28H37N5O6S/c1-21-17-32(22(2)19-34)28(35)10-7-15-33-23(16-29-30-33)20-38-27(21)18-31(3)40(36,37)26-13-11-25(12-14-26)39-24-8-5-4-6-9-24/h4-6,8-9,11-14,16,21-22,27,34H,7,10,15,17-20H2,1-3H3/t21-,22+,27+/m0/s1. The molecular weight excluding hydrogens is 534 g/mol. The Morgan fingerprint density at radius 2 is 1.85 bits per heavy atom. The van der Waals surface area contributed by atoms with Gasteiger partial charge in [-0.1, -0.05) is 30.3 Å². The predicted octanol–water partition coefficient (Wildman–Crippen LogP) is 2.92. The normalized spacial score (nSPS) is 19.9. The fraction of sp³-hybridized carbons (Fsp3) is 0.464. The number of amides is 1. The van der Waals surface area contributed by atoms with Crippen molar-refractivity contribution in [1.29, 1.82) is 0 Å². The van der Waals surface area contributed by atoms with Crippen LogP contribution < -0.4 is 4.74 Å². The van der Waals surface area contributed by atoms with Crippen molar-refractivity contribution in [3.05, 3.63) is 66.5 Å². The second-order valence-electron chi connectivity index (χ2n) is 10.1. The van der Waals surface area contributed by atoms with Crippen LogP contribution in [0.1, 0.15) is 32.4 Å². The molecule has 12 heteroatoms. The van der Waals surface area contributed by atoms with E-state index >= 15 is 0 Å². The molecule has 1 aliphatic rings. The Kier molecular flexibility index (Phi) is 9.90. The average Bonchev–Trinajstić information content (AvgIpc) is 3.40. The van der Waals surface area contributed by atoms with E-state index < -0.39 is 16.1 Å². The number of benzene rings is 2. The molecule has 0 aliphatic carbocycles. The number of hydrogen-bond donors (Lipinski definition) is 1. The number of aliphatic hydroxyl groups is 1. The third-order valence-electron chi connectivity index (χ3n) is 7.09. The van der Waals surface area contributed by atoms with E-state index in [2.05, 4.69) is 10.3 Å². The topological polar surface area (TPSA) is 127 Å². The van der Waals surface area contributed by atoms with Crippen LogP contribution in [0.2, 0.25) is 0 Å². The van der Waals surface area contributed by atoms with Crippen molar-refractivity contribution in [2.75, 3.05) is 26.7 Å². The lowest BCUT2D eigenvalue weighted by molar-refractivity contribution is -0.136. The van der Waals surface area contributed by atoms with E-state index in [9.17, 15) is 18.3 Å². The zero-order valence-corrected chi connectivity index (χ0v) is 23.9. The fourth-order valence-corrected chi connectivity index (χ4v) is 5.76. The SMILES string of the molecule is C[C@H](CO)N1C[C@H](C)[C@@H](CN(C)S(=O)(=O)c2ccc(Oc3ccccc3)cc2)OCc2cnnn2CCCC1=O. The Bertz CT molecular complexity index is 1350. The van der Waals surface area contributed by atoms with Gasteiger partial charge in [-0.2, -0.15) is 4.31 Å². The zero-order valence-electron chi connectivity index (χ0n) is 23.1. The summed E-state index contributed by atoms with van der Waals surface area (Å²) in [5, 5.41) is 17.9. The molecule has 1 N–H and O–H groups in total. The number of rotatable bonds is 8. The molecule has 216 valence electrons. The summed E-state index contributed by atoms with van der Waals surface area (Å²) in [6, 6.07) is 15.2. The maximum atomic E-state index is 13.5. The summed E-state index contributed by atoms with van der Waals surface area (Å²) in [6.07, 6.45) is 1.96.